The minimum Gasteiger partial charge on any atom is -0.377 e. The molecule has 0 radical (unpaired) electrons. The highest BCUT2D eigenvalue weighted by Crippen LogP contribution is 2.24. The van der Waals surface area contributed by atoms with Crippen molar-refractivity contribution in [2.45, 2.75) is 45.8 Å². The molecule has 118 valence electrons. The number of ether oxygens (including phenoxy) is 1. The first kappa shape index (κ1) is 16.4. The Morgan fingerprint density at radius 1 is 1.33 bits per heavy atom. The van der Waals surface area contributed by atoms with E-state index in [2.05, 4.69) is 40.6 Å². The number of likely N-dealkylation sites (tertiary alicyclic amines) is 1. The van der Waals surface area contributed by atoms with Gasteiger partial charge in [-0.15, -0.1) is 0 Å². The zero-order valence-electron chi connectivity index (χ0n) is 12.9. The first-order valence-electron chi connectivity index (χ1n) is 7.48. The van der Waals surface area contributed by atoms with Crippen LogP contribution in [-0.4, -0.2) is 45.7 Å². The molecule has 1 aliphatic rings. The third kappa shape index (κ3) is 4.76. The molecule has 0 bridgehead atoms. The number of rotatable bonds is 6. The Kier molecular flexibility index (Phi) is 5.72. The lowest BCUT2D eigenvalue weighted by atomic mass is 10.1. The normalized spacial score (nSPS) is 21.1. The van der Waals surface area contributed by atoms with Gasteiger partial charge in [-0.3, -0.25) is 4.90 Å². The maximum Gasteiger partial charge on any atom is 0.227 e. The highest BCUT2D eigenvalue weighted by atomic mass is 35.5. The predicted octanol–water partition coefficient (Wildman–Crippen LogP) is 2.31. The van der Waals surface area contributed by atoms with Crippen LogP contribution in [0.5, 0.6) is 0 Å². The van der Waals surface area contributed by atoms with Crippen molar-refractivity contribution in [2.75, 3.05) is 25.4 Å². The highest BCUT2D eigenvalue weighted by Gasteiger charge is 2.29. The lowest BCUT2D eigenvalue weighted by molar-refractivity contribution is 0.0490. The van der Waals surface area contributed by atoms with Gasteiger partial charge in [-0.05, 0) is 37.3 Å². The third-order valence-electron chi connectivity index (χ3n) is 3.79. The molecule has 1 fully saturated rings. The average molecular weight is 314 g/mol. The van der Waals surface area contributed by atoms with E-state index >= 15 is 0 Å². The number of aromatic nitrogens is 3. The lowest BCUT2D eigenvalue weighted by Gasteiger charge is -2.23. The van der Waals surface area contributed by atoms with E-state index in [1.807, 2.05) is 0 Å². The second-order valence-electron chi connectivity index (χ2n) is 5.96. The van der Waals surface area contributed by atoms with E-state index in [0.717, 1.165) is 32.5 Å². The molecule has 0 unspecified atom stereocenters. The molecule has 7 heteroatoms. The maximum absolute atomic E-state index is 5.93. The van der Waals surface area contributed by atoms with Crippen LogP contribution in [0.15, 0.2) is 0 Å². The van der Waals surface area contributed by atoms with Crippen LogP contribution in [0.3, 0.4) is 0 Å². The molecular formula is C14H24ClN5O. The molecule has 1 aromatic rings. The first-order chi connectivity index (χ1) is 9.95. The number of nitrogen functional groups attached to an aromatic ring is 1. The van der Waals surface area contributed by atoms with Crippen LogP contribution in [0, 0.1) is 5.92 Å². The molecular weight excluding hydrogens is 290 g/mol. The summed E-state index contributed by atoms with van der Waals surface area (Å²) in [6.45, 7) is 9.17. The number of hydrogen-bond acceptors (Lipinski definition) is 6. The topological polar surface area (TPSA) is 77.2 Å². The molecule has 0 aromatic carbocycles. The van der Waals surface area contributed by atoms with E-state index in [-0.39, 0.29) is 17.3 Å². The van der Waals surface area contributed by atoms with Gasteiger partial charge in [0.05, 0.1) is 12.1 Å². The molecule has 6 nitrogen and oxygen atoms in total. The van der Waals surface area contributed by atoms with E-state index in [0.29, 0.717) is 17.8 Å². The largest absolute Gasteiger partial charge is 0.377 e. The molecule has 1 aliphatic heterocycles. The van der Waals surface area contributed by atoms with Crippen molar-refractivity contribution in [1.29, 1.82) is 0 Å². The number of hydrogen-bond donors (Lipinski definition) is 1. The van der Waals surface area contributed by atoms with Crippen LogP contribution >= 0.6 is 11.6 Å². The second-order valence-corrected chi connectivity index (χ2v) is 6.29. The number of nitrogens with two attached hydrogens (primary N) is 1. The third-order valence-corrected chi connectivity index (χ3v) is 3.96. The summed E-state index contributed by atoms with van der Waals surface area (Å²) in [4.78, 5) is 14.4. The molecule has 2 atom stereocenters. The molecule has 0 amide bonds. The zero-order chi connectivity index (χ0) is 15.4. The number of anilines is 1. The van der Waals surface area contributed by atoms with Crippen LogP contribution in [-0.2, 0) is 4.74 Å². The van der Waals surface area contributed by atoms with E-state index in [9.17, 15) is 0 Å². The van der Waals surface area contributed by atoms with Crippen molar-refractivity contribution >= 4 is 17.5 Å². The van der Waals surface area contributed by atoms with Gasteiger partial charge < -0.3 is 10.5 Å². The summed E-state index contributed by atoms with van der Waals surface area (Å²) >= 11 is 5.84. The van der Waals surface area contributed by atoms with Gasteiger partial charge in [0.25, 0.3) is 0 Å². The van der Waals surface area contributed by atoms with Crippen LogP contribution in [0.1, 0.15) is 45.5 Å². The number of halogens is 1. The van der Waals surface area contributed by atoms with E-state index in [4.69, 9.17) is 22.1 Å². The molecule has 1 saturated heterocycles. The molecule has 2 rings (SSSR count). The van der Waals surface area contributed by atoms with Gasteiger partial charge in [0.1, 0.15) is 0 Å². The molecule has 21 heavy (non-hydrogen) atoms. The summed E-state index contributed by atoms with van der Waals surface area (Å²) in [5.74, 6) is 1.47. The molecule has 0 aliphatic carbocycles. The van der Waals surface area contributed by atoms with Gasteiger partial charge in [0.15, 0.2) is 5.82 Å². The second kappa shape index (κ2) is 7.33. The van der Waals surface area contributed by atoms with Crippen molar-refractivity contribution in [2.24, 2.45) is 5.92 Å². The van der Waals surface area contributed by atoms with Gasteiger partial charge in [0.2, 0.25) is 11.2 Å². The monoisotopic (exact) mass is 313 g/mol. The van der Waals surface area contributed by atoms with Gasteiger partial charge in [-0.2, -0.15) is 9.97 Å². The average Bonchev–Trinajstić information content (AvgIpc) is 2.85. The Morgan fingerprint density at radius 2 is 2.10 bits per heavy atom. The van der Waals surface area contributed by atoms with Crippen LogP contribution in [0.4, 0.5) is 5.95 Å². The highest BCUT2D eigenvalue weighted by molar-refractivity contribution is 6.28. The van der Waals surface area contributed by atoms with Gasteiger partial charge in [0, 0.05) is 19.7 Å². The molecule has 1 aromatic heterocycles. The molecule has 0 spiro atoms. The molecule has 0 saturated carbocycles. The summed E-state index contributed by atoms with van der Waals surface area (Å²) in [7, 11) is 0. The Bertz CT molecular complexity index is 450. The minimum atomic E-state index is 0.0616. The van der Waals surface area contributed by atoms with Gasteiger partial charge in [-0.25, -0.2) is 4.98 Å². The van der Waals surface area contributed by atoms with Crippen LogP contribution in [0.25, 0.3) is 0 Å². The maximum atomic E-state index is 5.93. The summed E-state index contributed by atoms with van der Waals surface area (Å²) in [5, 5.41) is 0.147. The smallest absolute Gasteiger partial charge is 0.227 e. The standard InChI is InChI=1S/C14H24ClN5O/c1-9(2)5-7-21-11-4-6-20(8-11)10(3)12-17-13(15)19-14(16)18-12/h9-11H,4-8H2,1-3H3,(H2,16,17,18,19)/t10-,11-/m1/s1. The fourth-order valence-electron chi connectivity index (χ4n) is 2.44. The van der Waals surface area contributed by atoms with E-state index < -0.39 is 0 Å². The summed E-state index contributed by atoms with van der Waals surface area (Å²) < 4.78 is 5.93. The van der Waals surface area contributed by atoms with Crippen molar-refractivity contribution in [1.82, 2.24) is 19.9 Å². The van der Waals surface area contributed by atoms with Crippen molar-refractivity contribution < 1.29 is 4.74 Å². The Morgan fingerprint density at radius 3 is 2.76 bits per heavy atom. The number of nitrogens with zero attached hydrogens (tertiary/aromatic N) is 4. The fourth-order valence-corrected chi connectivity index (χ4v) is 2.62. The Labute approximate surface area is 131 Å². The summed E-state index contributed by atoms with van der Waals surface area (Å²) in [5.41, 5.74) is 5.63. The van der Waals surface area contributed by atoms with Crippen molar-refractivity contribution in [3.05, 3.63) is 11.1 Å². The Hall–Kier alpha value is -0.980. The SMILES string of the molecule is CC(C)CCO[C@@H]1CCN([C@H](C)c2nc(N)nc(Cl)n2)C1. The van der Waals surface area contributed by atoms with Crippen LogP contribution in [0.2, 0.25) is 5.28 Å². The fraction of sp³-hybridized carbons (Fsp3) is 0.786. The van der Waals surface area contributed by atoms with Crippen LogP contribution < -0.4 is 5.73 Å². The quantitative estimate of drug-likeness (QED) is 0.868. The van der Waals surface area contributed by atoms with Gasteiger partial charge >= 0.3 is 0 Å². The summed E-state index contributed by atoms with van der Waals surface area (Å²) in [6.07, 6.45) is 2.43. The first-order valence-corrected chi connectivity index (χ1v) is 7.86. The van der Waals surface area contributed by atoms with Crippen molar-refractivity contribution in [3.63, 3.8) is 0 Å². The van der Waals surface area contributed by atoms with Crippen molar-refractivity contribution in [3.8, 4) is 0 Å². The van der Waals surface area contributed by atoms with E-state index in [1.54, 1.807) is 0 Å². The minimum absolute atomic E-state index is 0.0616. The predicted molar refractivity (Wildman–Crippen MR) is 83.0 cm³/mol. The Balaban J connectivity index is 1.88. The van der Waals surface area contributed by atoms with Gasteiger partial charge in [-0.1, -0.05) is 13.8 Å². The zero-order valence-corrected chi connectivity index (χ0v) is 13.7. The molecule has 2 heterocycles. The lowest BCUT2D eigenvalue weighted by Crippen LogP contribution is -2.28. The van der Waals surface area contributed by atoms with E-state index in [1.165, 1.54) is 0 Å². The molecule has 2 N–H and O–H groups in total. The summed E-state index contributed by atoms with van der Waals surface area (Å²) in [6, 6.07) is 0.0616.